The van der Waals surface area contributed by atoms with Gasteiger partial charge in [0.05, 0.1) is 30.8 Å². The van der Waals surface area contributed by atoms with Crippen LogP contribution in [0.15, 0.2) is 53.9 Å². The zero-order valence-electron chi connectivity index (χ0n) is 15.5. The number of ether oxygens (including phenoxy) is 2. The molecule has 3 rings (SSSR count). The van der Waals surface area contributed by atoms with Crippen LogP contribution in [-0.4, -0.2) is 31.2 Å². The average Bonchev–Trinajstić information content (AvgIpc) is 3.12. The first kappa shape index (κ1) is 20.2. The number of hydrogen-bond acceptors (Lipinski definition) is 5. The van der Waals surface area contributed by atoms with E-state index >= 15 is 0 Å². The largest absolute Gasteiger partial charge is 0.493 e. The van der Waals surface area contributed by atoms with Crippen molar-refractivity contribution in [3.8, 4) is 11.5 Å². The molecule has 2 aromatic carbocycles. The van der Waals surface area contributed by atoms with Crippen LogP contribution < -0.4 is 14.8 Å². The van der Waals surface area contributed by atoms with Crippen molar-refractivity contribution in [1.82, 2.24) is 10.3 Å². The molecule has 0 fully saturated rings. The van der Waals surface area contributed by atoms with Crippen LogP contribution in [0.1, 0.15) is 16.3 Å². The summed E-state index contributed by atoms with van der Waals surface area (Å²) >= 11 is 7.56. The molecule has 1 N–H and O–H groups in total. The summed E-state index contributed by atoms with van der Waals surface area (Å²) in [7, 11) is 1.60. The van der Waals surface area contributed by atoms with Gasteiger partial charge in [-0.05, 0) is 29.8 Å². The lowest BCUT2D eigenvalue weighted by Crippen LogP contribution is -2.29. The van der Waals surface area contributed by atoms with Crippen molar-refractivity contribution in [2.75, 3.05) is 20.3 Å². The SMILES string of the molecule is COc1ccccc1OCCNC(=O)Cc1csc(Cc2cccc(Cl)c2)n1. The molecule has 0 aliphatic heterocycles. The van der Waals surface area contributed by atoms with Gasteiger partial charge in [0.25, 0.3) is 0 Å². The number of para-hydroxylation sites is 2. The molecule has 7 heteroatoms. The summed E-state index contributed by atoms with van der Waals surface area (Å²) in [5, 5.41) is 6.44. The first-order valence-electron chi connectivity index (χ1n) is 8.84. The van der Waals surface area contributed by atoms with Crippen molar-refractivity contribution in [3.63, 3.8) is 0 Å². The van der Waals surface area contributed by atoms with E-state index in [1.54, 1.807) is 18.4 Å². The van der Waals surface area contributed by atoms with E-state index in [1.807, 2.05) is 53.9 Å². The zero-order chi connectivity index (χ0) is 19.8. The lowest BCUT2D eigenvalue weighted by molar-refractivity contribution is -0.120. The van der Waals surface area contributed by atoms with Gasteiger partial charge in [0.1, 0.15) is 6.61 Å². The summed E-state index contributed by atoms with van der Waals surface area (Å²) in [6, 6.07) is 15.1. The van der Waals surface area contributed by atoms with E-state index in [0.29, 0.717) is 36.1 Å². The molecule has 0 aliphatic carbocycles. The van der Waals surface area contributed by atoms with E-state index < -0.39 is 0 Å². The van der Waals surface area contributed by atoms with Crippen molar-refractivity contribution in [2.24, 2.45) is 0 Å². The molecule has 0 bridgehead atoms. The lowest BCUT2D eigenvalue weighted by Gasteiger charge is -2.10. The number of benzene rings is 2. The van der Waals surface area contributed by atoms with Crippen LogP contribution in [0.4, 0.5) is 0 Å². The van der Waals surface area contributed by atoms with Gasteiger partial charge in [-0.25, -0.2) is 4.98 Å². The zero-order valence-corrected chi connectivity index (χ0v) is 17.1. The van der Waals surface area contributed by atoms with Crippen molar-refractivity contribution >= 4 is 28.8 Å². The molecule has 146 valence electrons. The molecule has 0 aliphatic rings. The van der Waals surface area contributed by atoms with Gasteiger partial charge >= 0.3 is 0 Å². The van der Waals surface area contributed by atoms with Gasteiger partial charge in [-0.2, -0.15) is 0 Å². The summed E-state index contributed by atoms with van der Waals surface area (Å²) in [5.74, 6) is 1.25. The maximum atomic E-state index is 12.1. The Labute approximate surface area is 173 Å². The van der Waals surface area contributed by atoms with Crippen LogP contribution in [0.5, 0.6) is 11.5 Å². The molecular weight excluding hydrogens is 396 g/mol. The molecule has 1 amide bonds. The monoisotopic (exact) mass is 416 g/mol. The van der Waals surface area contributed by atoms with Gasteiger partial charge in [-0.3, -0.25) is 4.79 Å². The minimum Gasteiger partial charge on any atom is -0.493 e. The van der Waals surface area contributed by atoms with Crippen LogP contribution in [0.2, 0.25) is 5.02 Å². The van der Waals surface area contributed by atoms with Gasteiger partial charge in [0.15, 0.2) is 11.5 Å². The van der Waals surface area contributed by atoms with E-state index in [4.69, 9.17) is 21.1 Å². The Morgan fingerprint density at radius 2 is 2.00 bits per heavy atom. The molecule has 0 saturated heterocycles. The number of aromatic nitrogens is 1. The van der Waals surface area contributed by atoms with Crippen LogP contribution in [0.3, 0.4) is 0 Å². The van der Waals surface area contributed by atoms with Crippen molar-refractivity contribution in [2.45, 2.75) is 12.8 Å². The van der Waals surface area contributed by atoms with Gasteiger partial charge in [0, 0.05) is 16.8 Å². The Morgan fingerprint density at radius 1 is 1.18 bits per heavy atom. The molecule has 28 heavy (non-hydrogen) atoms. The second-order valence-electron chi connectivity index (χ2n) is 6.07. The number of nitrogens with one attached hydrogen (secondary N) is 1. The first-order chi connectivity index (χ1) is 13.6. The Morgan fingerprint density at radius 3 is 2.79 bits per heavy atom. The molecule has 0 atom stereocenters. The van der Waals surface area contributed by atoms with Crippen LogP contribution in [0, 0.1) is 0 Å². The van der Waals surface area contributed by atoms with Crippen molar-refractivity contribution in [1.29, 1.82) is 0 Å². The lowest BCUT2D eigenvalue weighted by atomic mass is 10.2. The third-order valence-corrected chi connectivity index (χ3v) is 5.07. The topological polar surface area (TPSA) is 60.5 Å². The molecule has 0 saturated carbocycles. The fraction of sp³-hybridized carbons (Fsp3) is 0.238. The number of carbonyl (C=O) groups is 1. The summed E-state index contributed by atoms with van der Waals surface area (Å²) in [4.78, 5) is 16.7. The minimum absolute atomic E-state index is 0.0803. The number of amides is 1. The van der Waals surface area contributed by atoms with Crippen molar-refractivity contribution in [3.05, 3.63) is 75.2 Å². The number of thiazole rings is 1. The van der Waals surface area contributed by atoms with Crippen LogP contribution >= 0.6 is 22.9 Å². The quantitative estimate of drug-likeness (QED) is 0.533. The number of hydrogen-bond donors (Lipinski definition) is 1. The number of nitrogens with zero attached hydrogens (tertiary/aromatic N) is 1. The van der Waals surface area contributed by atoms with E-state index in [9.17, 15) is 4.79 Å². The standard InChI is InChI=1S/C21H21ClN2O3S/c1-26-18-7-2-3-8-19(18)27-10-9-23-20(25)13-17-14-28-21(24-17)12-15-5-4-6-16(22)11-15/h2-8,11,14H,9-10,12-13H2,1H3,(H,23,25). The fourth-order valence-electron chi connectivity index (χ4n) is 2.65. The predicted molar refractivity (Wildman–Crippen MR) is 112 cm³/mol. The Balaban J connectivity index is 1.42. The highest BCUT2D eigenvalue weighted by atomic mass is 35.5. The van der Waals surface area contributed by atoms with E-state index in [0.717, 1.165) is 16.3 Å². The number of rotatable bonds is 9. The van der Waals surface area contributed by atoms with Gasteiger partial charge in [0.2, 0.25) is 5.91 Å². The summed E-state index contributed by atoms with van der Waals surface area (Å²) in [5.41, 5.74) is 1.87. The molecule has 1 heterocycles. The smallest absolute Gasteiger partial charge is 0.226 e. The summed E-state index contributed by atoms with van der Waals surface area (Å²) < 4.78 is 10.9. The van der Waals surface area contributed by atoms with Gasteiger partial charge in [-0.1, -0.05) is 35.9 Å². The highest BCUT2D eigenvalue weighted by Crippen LogP contribution is 2.25. The van der Waals surface area contributed by atoms with Crippen LogP contribution in [-0.2, 0) is 17.6 Å². The minimum atomic E-state index is -0.0803. The fourth-order valence-corrected chi connectivity index (χ4v) is 3.69. The molecule has 0 unspecified atom stereocenters. The van der Waals surface area contributed by atoms with Crippen LogP contribution in [0.25, 0.3) is 0 Å². The van der Waals surface area contributed by atoms with Crippen molar-refractivity contribution < 1.29 is 14.3 Å². The third-order valence-electron chi connectivity index (χ3n) is 3.94. The molecule has 3 aromatic rings. The molecule has 5 nitrogen and oxygen atoms in total. The number of halogens is 1. The maximum absolute atomic E-state index is 12.1. The highest BCUT2D eigenvalue weighted by molar-refractivity contribution is 7.09. The number of carbonyl (C=O) groups excluding carboxylic acids is 1. The summed E-state index contributed by atoms with van der Waals surface area (Å²) in [6.07, 6.45) is 0.959. The van der Waals surface area contributed by atoms with E-state index in [-0.39, 0.29) is 12.3 Å². The summed E-state index contributed by atoms with van der Waals surface area (Å²) in [6.45, 7) is 0.777. The molecule has 1 aromatic heterocycles. The molecule has 0 spiro atoms. The predicted octanol–water partition coefficient (Wildman–Crippen LogP) is 4.13. The molecular formula is C21H21ClN2O3S. The second-order valence-corrected chi connectivity index (χ2v) is 7.44. The molecule has 0 radical (unpaired) electrons. The Bertz CT molecular complexity index is 929. The third kappa shape index (κ3) is 5.97. The normalized spacial score (nSPS) is 10.5. The first-order valence-corrected chi connectivity index (χ1v) is 10.1. The van der Waals surface area contributed by atoms with E-state index in [1.165, 1.54) is 0 Å². The average molecular weight is 417 g/mol. The second kappa shape index (κ2) is 10.1. The Kier molecular flexibility index (Phi) is 7.28. The highest BCUT2D eigenvalue weighted by Gasteiger charge is 2.09. The van der Waals surface area contributed by atoms with Gasteiger partial charge in [-0.15, -0.1) is 11.3 Å². The van der Waals surface area contributed by atoms with Gasteiger partial charge < -0.3 is 14.8 Å². The van der Waals surface area contributed by atoms with E-state index in [2.05, 4.69) is 10.3 Å². The number of methoxy groups -OCH3 is 1. The Hall–Kier alpha value is -2.57. The maximum Gasteiger partial charge on any atom is 0.226 e.